The molecule has 1 unspecified atom stereocenters. The van der Waals surface area contributed by atoms with Crippen molar-refractivity contribution >= 4 is 15.7 Å². The molecule has 0 saturated heterocycles. The van der Waals surface area contributed by atoms with Crippen LogP contribution in [0.4, 0.5) is 8.78 Å². The topological polar surface area (TPSA) is 72.5 Å². The van der Waals surface area contributed by atoms with Gasteiger partial charge in [0, 0.05) is 12.0 Å². The molecule has 0 fully saturated rings. The number of nitrogens with one attached hydrogen (secondary N) is 1. The minimum absolute atomic E-state index is 0.150. The van der Waals surface area contributed by atoms with E-state index in [0.717, 1.165) is 29.5 Å². The lowest BCUT2D eigenvalue weighted by Crippen LogP contribution is -2.38. The van der Waals surface area contributed by atoms with Crippen molar-refractivity contribution in [1.29, 1.82) is 0 Å². The highest BCUT2D eigenvalue weighted by Crippen LogP contribution is 2.27. The lowest BCUT2D eigenvalue weighted by atomic mass is 10.1. The summed E-state index contributed by atoms with van der Waals surface area (Å²) in [5.41, 5.74) is 0.462. The summed E-state index contributed by atoms with van der Waals surface area (Å²) in [4.78, 5) is 11.9. The number of rotatable bonds is 6. The Hall–Kier alpha value is -2.48. The van der Waals surface area contributed by atoms with E-state index in [2.05, 4.69) is 5.32 Å². The standard InChI is InChI=1S/C18H17F2NO4S/c19-15-5-3-6-16(20)14(15)10-26(23,24)11-18(22)21-9-13-8-12-4-1-2-7-17(12)25-13/h1-7,13H,8-11H2,(H,21,22). The number of para-hydroxylation sites is 1. The van der Waals surface area contributed by atoms with E-state index in [1.54, 1.807) is 0 Å². The maximum atomic E-state index is 13.6. The molecule has 3 rings (SSSR count). The SMILES string of the molecule is O=C(CS(=O)(=O)Cc1c(F)cccc1F)NCC1Cc2ccccc2O1. The summed E-state index contributed by atoms with van der Waals surface area (Å²) < 4.78 is 56.9. The second-order valence-corrected chi connectivity index (χ2v) is 8.15. The van der Waals surface area contributed by atoms with Gasteiger partial charge in [0.05, 0.1) is 12.3 Å². The molecule has 0 spiro atoms. The Morgan fingerprint density at radius 1 is 1.12 bits per heavy atom. The molecule has 138 valence electrons. The molecule has 26 heavy (non-hydrogen) atoms. The number of carbonyl (C=O) groups is 1. The van der Waals surface area contributed by atoms with Gasteiger partial charge in [-0.25, -0.2) is 17.2 Å². The normalized spacial score (nSPS) is 16.0. The van der Waals surface area contributed by atoms with Crippen molar-refractivity contribution in [3.8, 4) is 5.75 Å². The first-order valence-electron chi connectivity index (χ1n) is 7.98. The lowest BCUT2D eigenvalue weighted by molar-refractivity contribution is -0.118. The Morgan fingerprint density at radius 3 is 2.50 bits per heavy atom. The van der Waals surface area contributed by atoms with Crippen LogP contribution in [0.5, 0.6) is 5.75 Å². The first-order chi connectivity index (χ1) is 12.3. The fourth-order valence-corrected chi connectivity index (χ4v) is 4.11. The number of halogens is 2. The monoisotopic (exact) mass is 381 g/mol. The van der Waals surface area contributed by atoms with Gasteiger partial charge in [-0.2, -0.15) is 0 Å². The molecule has 0 bridgehead atoms. The zero-order chi connectivity index (χ0) is 18.7. The van der Waals surface area contributed by atoms with Crippen LogP contribution in [0.25, 0.3) is 0 Å². The third kappa shape index (κ3) is 4.37. The second-order valence-electron chi connectivity index (χ2n) is 6.09. The predicted molar refractivity (Wildman–Crippen MR) is 91.4 cm³/mol. The molecular formula is C18H17F2NO4S. The molecule has 2 aromatic carbocycles. The highest BCUT2D eigenvalue weighted by atomic mass is 32.2. The average molecular weight is 381 g/mol. The summed E-state index contributed by atoms with van der Waals surface area (Å²) in [6.45, 7) is 0.150. The fraction of sp³-hybridized carbons (Fsp3) is 0.278. The number of ether oxygens (including phenoxy) is 1. The lowest BCUT2D eigenvalue weighted by Gasteiger charge is -2.12. The number of benzene rings is 2. The van der Waals surface area contributed by atoms with Crippen LogP contribution in [-0.4, -0.2) is 32.7 Å². The first kappa shape index (κ1) is 18.3. The molecule has 8 heteroatoms. The van der Waals surface area contributed by atoms with Gasteiger partial charge in [-0.15, -0.1) is 0 Å². The zero-order valence-corrected chi connectivity index (χ0v) is 14.6. The molecule has 1 N–H and O–H groups in total. The summed E-state index contributed by atoms with van der Waals surface area (Å²) in [6, 6.07) is 10.6. The molecule has 0 radical (unpaired) electrons. The van der Waals surface area contributed by atoms with Gasteiger partial charge in [0.15, 0.2) is 9.84 Å². The van der Waals surface area contributed by atoms with E-state index in [9.17, 15) is 22.0 Å². The van der Waals surface area contributed by atoms with E-state index in [-0.39, 0.29) is 12.6 Å². The summed E-state index contributed by atoms with van der Waals surface area (Å²) >= 11 is 0. The van der Waals surface area contributed by atoms with Crippen LogP contribution < -0.4 is 10.1 Å². The van der Waals surface area contributed by atoms with Crippen molar-refractivity contribution in [2.24, 2.45) is 0 Å². The third-order valence-electron chi connectivity index (χ3n) is 4.02. The number of carbonyl (C=O) groups excluding carboxylic acids is 1. The molecule has 0 saturated carbocycles. The Morgan fingerprint density at radius 2 is 1.81 bits per heavy atom. The second kappa shape index (κ2) is 7.41. The smallest absolute Gasteiger partial charge is 0.235 e. The Bertz CT molecular complexity index is 885. The van der Waals surface area contributed by atoms with Crippen molar-refractivity contribution in [2.45, 2.75) is 18.3 Å². The third-order valence-corrected chi connectivity index (χ3v) is 5.45. The summed E-state index contributed by atoms with van der Waals surface area (Å²) in [6.07, 6.45) is 0.340. The number of sulfone groups is 1. The predicted octanol–water partition coefficient (Wildman–Crippen LogP) is 2.00. The van der Waals surface area contributed by atoms with Crippen molar-refractivity contribution < 1.29 is 26.7 Å². The van der Waals surface area contributed by atoms with E-state index in [1.807, 2.05) is 24.3 Å². The van der Waals surface area contributed by atoms with Crippen LogP contribution in [0, 0.1) is 11.6 Å². The van der Waals surface area contributed by atoms with Crippen molar-refractivity contribution in [1.82, 2.24) is 5.32 Å². The molecule has 5 nitrogen and oxygen atoms in total. The van der Waals surface area contributed by atoms with Crippen LogP contribution in [0.1, 0.15) is 11.1 Å². The Kier molecular flexibility index (Phi) is 5.22. The Labute approximate surface area is 149 Å². The van der Waals surface area contributed by atoms with Crippen LogP contribution in [-0.2, 0) is 26.8 Å². The quantitative estimate of drug-likeness (QED) is 0.831. The fourth-order valence-electron chi connectivity index (χ4n) is 2.79. The molecule has 1 aliphatic heterocycles. The minimum Gasteiger partial charge on any atom is -0.488 e. The first-order valence-corrected chi connectivity index (χ1v) is 9.81. The van der Waals surface area contributed by atoms with Gasteiger partial charge < -0.3 is 10.1 Å². The van der Waals surface area contributed by atoms with Crippen molar-refractivity contribution in [2.75, 3.05) is 12.3 Å². The molecule has 1 aliphatic rings. The van der Waals surface area contributed by atoms with E-state index < -0.39 is 44.4 Å². The highest BCUT2D eigenvalue weighted by Gasteiger charge is 2.25. The number of fused-ring (bicyclic) bond motifs is 1. The van der Waals surface area contributed by atoms with E-state index in [0.29, 0.717) is 6.42 Å². The van der Waals surface area contributed by atoms with Gasteiger partial charge in [0.25, 0.3) is 0 Å². The molecule has 1 atom stereocenters. The van der Waals surface area contributed by atoms with Crippen molar-refractivity contribution in [3.63, 3.8) is 0 Å². The molecule has 0 aromatic heterocycles. The van der Waals surface area contributed by atoms with Gasteiger partial charge in [-0.3, -0.25) is 4.79 Å². The molecule has 1 heterocycles. The van der Waals surface area contributed by atoms with Gasteiger partial charge in [-0.1, -0.05) is 24.3 Å². The molecule has 0 aliphatic carbocycles. The largest absolute Gasteiger partial charge is 0.488 e. The summed E-state index contributed by atoms with van der Waals surface area (Å²) in [5, 5.41) is 2.50. The summed E-state index contributed by atoms with van der Waals surface area (Å²) in [7, 11) is -4.01. The average Bonchev–Trinajstić information content (AvgIpc) is 2.99. The maximum absolute atomic E-state index is 13.6. The number of amides is 1. The van der Waals surface area contributed by atoms with Gasteiger partial charge in [0.2, 0.25) is 5.91 Å². The van der Waals surface area contributed by atoms with Crippen LogP contribution >= 0.6 is 0 Å². The maximum Gasteiger partial charge on any atom is 0.235 e. The van der Waals surface area contributed by atoms with E-state index in [1.165, 1.54) is 0 Å². The number of hydrogen-bond acceptors (Lipinski definition) is 4. The number of hydrogen-bond donors (Lipinski definition) is 1. The van der Waals surface area contributed by atoms with Crippen LogP contribution in [0.2, 0.25) is 0 Å². The zero-order valence-electron chi connectivity index (χ0n) is 13.7. The van der Waals surface area contributed by atoms with Crippen molar-refractivity contribution in [3.05, 3.63) is 65.2 Å². The highest BCUT2D eigenvalue weighted by molar-refractivity contribution is 7.91. The van der Waals surface area contributed by atoms with E-state index >= 15 is 0 Å². The van der Waals surface area contributed by atoms with Crippen LogP contribution in [0.15, 0.2) is 42.5 Å². The summed E-state index contributed by atoms with van der Waals surface area (Å²) in [5.74, 6) is -3.61. The van der Waals surface area contributed by atoms with Gasteiger partial charge >= 0.3 is 0 Å². The van der Waals surface area contributed by atoms with Gasteiger partial charge in [0.1, 0.15) is 29.2 Å². The molecule has 1 amide bonds. The minimum atomic E-state index is -4.01. The molecular weight excluding hydrogens is 364 g/mol. The molecule has 2 aromatic rings. The van der Waals surface area contributed by atoms with Gasteiger partial charge in [-0.05, 0) is 23.8 Å². The van der Waals surface area contributed by atoms with E-state index in [4.69, 9.17) is 4.74 Å². The van der Waals surface area contributed by atoms with Crippen LogP contribution in [0.3, 0.4) is 0 Å². The Balaban J connectivity index is 1.53.